The number of carboxylic acid groups (broad SMARTS) is 1. The van der Waals surface area contributed by atoms with Crippen LogP contribution in [0.2, 0.25) is 10.0 Å². The summed E-state index contributed by atoms with van der Waals surface area (Å²) in [7, 11) is 0. The smallest absolute Gasteiger partial charge is 0.341 e. The Labute approximate surface area is 131 Å². The summed E-state index contributed by atoms with van der Waals surface area (Å²) in [5.41, 5.74) is 0.697. The van der Waals surface area contributed by atoms with Crippen molar-refractivity contribution in [2.24, 2.45) is 0 Å². The average molecular weight is 326 g/mol. The van der Waals surface area contributed by atoms with Crippen LogP contribution in [0, 0.1) is 0 Å². The highest BCUT2D eigenvalue weighted by Gasteiger charge is 2.32. The number of hydrogen-bond donors (Lipinski definition) is 1. The van der Waals surface area contributed by atoms with E-state index in [0.717, 1.165) is 25.7 Å². The fourth-order valence-corrected chi connectivity index (χ4v) is 3.45. The largest absolute Gasteiger partial charge is 0.477 e. The molecule has 21 heavy (non-hydrogen) atoms. The van der Waals surface area contributed by atoms with Gasteiger partial charge in [0.25, 0.3) is 0 Å². The van der Waals surface area contributed by atoms with Gasteiger partial charge in [-0.3, -0.25) is 0 Å². The summed E-state index contributed by atoms with van der Waals surface area (Å²) in [4.78, 5) is 11.7. The molecule has 0 bridgehead atoms. The minimum absolute atomic E-state index is 0.0805. The van der Waals surface area contributed by atoms with Gasteiger partial charge in [0.15, 0.2) is 5.76 Å². The van der Waals surface area contributed by atoms with Crippen molar-refractivity contribution in [1.82, 2.24) is 5.16 Å². The number of aromatic nitrogens is 1. The number of rotatable bonds is 3. The van der Waals surface area contributed by atoms with Crippen molar-refractivity contribution < 1.29 is 14.4 Å². The first-order valence-electron chi connectivity index (χ1n) is 6.77. The lowest BCUT2D eigenvalue weighted by molar-refractivity contribution is 0.0694. The molecule has 1 aliphatic rings. The lowest BCUT2D eigenvalue weighted by atomic mass is 9.97. The summed E-state index contributed by atoms with van der Waals surface area (Å²) in [5.74, 6) is -0.520. The molecule has 1 aliphatic carbocycles. The second-order valence-electron chi connectivity index (χ2n) is 5.15. The van der Waals surface area contributed by atoms with Crippen LogP contribution in [-0.4, -0.2) is 16.2 Å². The number of carboxylic acids is 1. The molecule has 1 heterocycles. The number of halogens is 2. The van der Waals surface area contributed by atoms with Crippen LogP contribution in [0.3, 0.4) is 0 Å². The Bertz CT molecular complexity index is 670. The van der Waals surface area contributed by atoms with E-state index >= 15 is 0 Å². The number of hydrogen-bond acceptors (Lipinski definition) is 3. The van der Waals surface area contributed by atoms with Crippen LogP contribution in [0.15, 0.2) is 22.7 Å². The summed E-state index contributed by atoms with van der Waals surface area (Å²) >= 11 is 12.3. The number of carbonyl (C=O) groups is 1. The van der Waals surface area contributed by atoms with Crippen molar-refractivity contribution in [1.29, 1.82) is 0 Å². The Balaban J connectivity index is 2.17. The maximum absolute atomic E-state index is 11.7. The molecule has 1 aromatic heterocycles. The molecule has 0 spiro atoms. The Morgan fingerprint density at radius 1 is 1.24 bits per heavy atom. The monoisotopic (exact) mass is 325 g/mol. The van der Waals surface area contributed by atoms with Crippen molar-refractivity contribution >= 4 is 29.2 Å². The van der Waals surface area contributed by atoms with Crippen LogP contribution in [0.5, 0.6) is 0 Å². The molecule has 0 unspecified atom stereocenters. The van der Waals surface area contributed by atoms with Gasteiger partial charge >= 0.3 is 5.97 Å². The van der Waals surface area contributed by atoms with Crippen molar-refractivity contribution in [2.75, 3.05) is 0 Å². The molecule has 1 fully saturated rings. The minimum atomic E-state index is -1.07. The Hall–Kier alpha value is -1.52. The molecular weight excluding hydrogens is 313 g/mol. The van der Waals surface area contributed by atoms with Gasteiger partial charge < -0.3 is 9.63 Å². The highest BCUT2D eigenvalue weighted by atomic mass is 35.5. The first-order chi connectivity index (χ1) is 10.1. The van der Waals surface area contributed by atoms with E-state index in [1.54, 1.807) is 18.2 Å². The number of aromatic carboxylic acids is 1. The Morgan fingerprint density at radius 2 is 1.86 bits per heavy atom. The van der Waals surface area contributed by atoms with Crippen LogP contribution in [-0.2, 0) is 0 Å². The van der Waals surface area contributed by atoms with Crippen LogP contribution < -0.4 is 0 Å². The molecular formula is C15H13Cl2NO3. The van der Waals surface area contributed by atoms with Gasteiger partial charge in [-0.2, -0.15) is 0 Å². The third kappa shape index (κ3) is 2.54. The van der Waals surface area contributed by atoms with E-state index < -0.39 is 5.97 Å². The summed E-state index contributed by atoms with van der Waals surface area (Å²) in [5, 5.41) is 14.2. The van der Waals surface area contributed by atoms with E-state index in [1.807, 2.05) is 0 Å². The zero-order valence-electron chi connectivity index (χ0n) is 11.1. The molecule has 4 nitrogen and oxygen atoms in total. The Kier molecular flexibility index (Phi) is 3.91. The minimum Gasteiger partial charge on any atom is -0.477 e. The molecule has 2 aromatic rings. The van der Waals surface area contributed by atoms with Gasteiger partial charge in [0.2, 0.25) is 0 Å². The van der Waals surface area contributed by atoms with E-state index in [2.05, 4.69) is 5.16 Å². The topological polar surface area (TPSA) is 63.3 Å². The van der Waals surface area contributed by atoms with Crippen LogP contribution >= 0.6 is 23.2 Å². The average Bonchev–Trinajstić information content (AvgIpc) is 3.06. The summed E-state index contributed by atoms with van der Waals surface area (Å²) < 4.78 is 5.36. The third-order valence-electron chi connectivity index (χ3n) is 3.86. The molecule has 3 rings (SSSR count). The van der Waals surface area contributed by atoms with E-state index in [-0.39, 0.29) is 17.2 Å². The Morgan fingerprint density at radius 3 is 2.43 bits per heavy atom. The second kappa shape index (κ2) is 5.70. The SMILES string of the molecule is O=C(O)c1c(-c2c(Cl)cccc2Cl)noc1C1CCCC1. The number of benzene rings is 1. The summed E-state index contributed by atoms with van der Waals surface area (Å²) in [6.45, 7) is 0. The lowest BCUT2D eigenvalue weighted by Gasteiger charge is -2.07. The van der Waals surface area contributed by atoms with E-state index in [4.69, 9.17) is 27.7 Å². The lowest BCUT2D eigenvalue weighted by Crippen LogP contribution is -2.04. The molecule has 0 aliphatic heterocycles. The normalized spacial score (nSPS) is 15.5. The standard InChI is InChI=1S/C15H13Cl2NO3/c16-9-6-3-7-10(17)11(9)13-12(15(19)20)14(21-18-13)8-4-1-2-5-8/h3,6-8H,1-2,4-5H2,(H,19,20). The van der Waals surface area contributed by atoms with Crippen LogP contribution in [0.25, 0.3) is 11.3 Å². The molecule has 6 heteroatoms. The van der Waals surface area contributed by atoms with E-state index in [0.29, 0.717) is 21.4 Å². The van der Waals surface area contributed by atoms with Crippen molar-refractivity contribution in [3.05, 3.63) is 39.6 Å². The zero-order chi connectivity index (χ0) is 15.0. The summed E-state index contributed by atoms with van der Waals surface area (Å²) in [6.07, 6.45) is 4.00. The molecule has 1 saturated carbocycles. The van der Waals surface area contributed by atoms with Gasteiger partial charge in [0.1, 0.15) is 11.3 Å². The molecule has 0 saturated heterocycles. The second-order valence-corrected chi connectivity index (χ2v) is 5.97. The first-order valence-corrected chi connectivity index (χ1v) is 7.52. The summed E-state index contributed by atoms with van der Waals surface area (Å²) in [6, 6.07) is 5.00. The van der Waals surface area contributed by atoms with Gasteiger partial charge in [0.05, 0.1) is 10.0 Å². The predicted octanol–water partition coefficient (Wildman–Crippen LogP) is 5.00. The zero-order valence-corrected chi connectivity index (χ0v) is 12.6. The molecule has 0 amide bonds. The van der Waals surface area contributed by atoms with Gasteiger partial charge in [-0.25, -0.2) is 4.79 Å². The van der Waals surface area contributed by atoms with Gasteiger partial charge in [0, 0.05) is 11.5 Å². The first kappa shape index (κ1) is 14.4. The molecule has 110 valence electrons. The maximum atomic E-state index is 11.7. The fourth-order valence-electron chi connectivity index (χ4n) is 2.87. The maximum Gasteiger partial charge on any atom is 0.341 e. The van der Waals surface area contributed by atoms with Crippen LogP contribution in [0.1, 0.15) is 47.7 Å². The van der Waals surface area contributed by atoms with Gasteiger partial charge in [-0.05, 0) is 25.0 Å². The third-order valence-corrected chi connectivity index (χ3v) is 4.49. The van der Waals surface area contributed by atoms with E-state index in [9.17, 15) is 9.90 Å². The van der Waals surface area contributed by atoms with Crippen molar-refractivity contribution in [3.63, 3.8) is 0 Å². The fraction of sp³-hybridized carbons (Fsp3) is 0.333. The van der Waals surface area contributed by atoms with Crippen molar-refractivity contribution in [2.45, 2.75) is 31.6 Å². The molecule has 1 aromatic carbocycles. The molecule has 0 atom stereocenters. The molecule has 1 N–H and O–H groups in total. The highest BCUT2D eigenvalue weighted by Crippen LogP contribution is 2.42. The highest BCUT2D eigenvalue weighted by molar-refractivity contribution is 6.39. The van der Waals surface area contributed by atoms with E-state index in [1.165, 1.54) is 0 Å². The predicted molar refractivity (Wildman–Crippen MR) is 80.1 cm³/mol. The quantitative estimate of drug-likeness (QED) is 0.862. The van der Waals surface area contributed by atoms with Gasteiger partial charge in [-0.1, -0.05) is 47.3 Å². The van der Waals surface area contributed by atoms with Crippen molar-refractivity contribution in [3.8, 4) is 11.3 Å². The molecule has 0 radical (unpaired) electrons. The van der Waals surface area contributed by atoms with Crippen LogP contribution in [0.4, 0.5) is 0 Å². The number of nitrogens with zero attached hydrogens (tertiary/aromatic N) is 1. The van der Waals surface area contributed by atoms with Gasteiger partial charge in [-0.15, -0.1) is 0 Å².